The van der Waals surface area contributed by atoms with Crippen LogP contribution in [-0.2, 0) is 11.3 Å². The summed E-state index contributed by atoms with van der Waals surface area (Å²) < 4.78 is 1.68. The van der Waals surface area contributed by atoms with Crippen LogP contribution in [0.2, 0.25) is 5.02 Å². The van der Waals surface area contributed by atoms with Gasteiger partial charge < -0.3 is 10.2 Å². The van der Waals surface area contributed by atoms with E-state index in [4.69, 9.17) is 11.6 Å². The van der Waals surface area contributed by atoms with Gasteiger partial charge in [0.1, 0.15) is 5.52 Å². The van der Waals surface area contributed by atoms with Gasteiger partial charge in [-0.3, -0.25) is 14.2 Å². The summed E-state index contributed by atoms with van der Waals surface area (Å²) >= 11 is 5.95. The lowest BCUT2D eigenvalue weighted by molar-refractivity contribution is -0.120. The maximum absolute atomic E-state index is 13.7. The zero-order valence-corrected chi connectivity index (χ0v) is 20.2. The number of rotatable bonds is 5. The number of aromatic nitrogens is 3. The third kappa shape index (κ3) is 5.05. The highest BCUT2D eigenvalue weighted by Crippen LogP contribution is 2.23. The maximum atomic E-state index is 13.7. The molecule has 8 heteroatoms. The molecule has 3 heterocycles. The predicted octanol–water partition coefficient (Wildman–Crippen LogP) is 4.66. The molecule has 0 spiro atoms. The molecule has 0 radical (unpaired) electrons. The number of nitrogens with one attached hydrogen (secondary N) is 1. The molecule has 1 aliphatic heterocycles. The topological polar surface area (TPSA) is 80.1 Å². The maximum Gasteiger partial charge on any atom is 0.295 e. The van der Waals surface area contributed by atoms with Gasteiger partial charge in [-0.2, -0.15) is 0 Å². The molecule has 0 aliphatic carbocycles. The van der Waals surface area contributed by atoms with E-state index >= 15 is 0 Å². The van der Waals surface area contributed by atoms with E-state index in [1.165, 1.54) is 0 Å². The minimum atomic E-state index is -0.254. The van der Waals surface area contributed by atoms with Crippen molar-refractivity contribution in [3.8, 4) is 0 Å². The molecule has 4 aromatic rings. The second kappa shape index (κ2) is 9.88. The number of piperidine rings is 1. The zero-order chi connectivity index (χ0) is 24.4. The van der Waals surface area contributed by atoms with E-state index in [0.717, 1.165) is 24.0 Å². The van der Waals surface area contributed by atoms with Crippen LogP contribution < -0.4 is 15.8 Å². The largest absolute Gasteiger partial charge is 0.351 e. The molecule has 7 nitrogen and oxygen atoms in total. The molecule has 35 heavy (non-hydrogen) atoms. The first-order valence-electron chi connectivity index (χ1n) is 11.7. The SMILES string of the molecule is Cc1ccc(Cn2c(=O)c(N3CCC[C@@H](C(=O)Nc4ccc(Cl)cc4)C3)nc3cccnc32)cc1. The van der Waals surface area contributed by atoms with Crippen LogP contribution in [0.1, 0.15) is 24.0 Å². The number of aryl methyl sites for hydroxylation is 1. The lowest BCUT2D eigenvalue weighted by Gasteiger charge is -2.32. The first kappa shape index (κ1) is 23.1. The van der Waals surface area contributed by atoms with Gasteiger partial charge in [-0.05, 0) is 61.7 Å². The van der Waals surface area contributed by atoms with E-state index in [2.05, 4.69) is 15.3 Å². The molecule has 178 valence electrons. The minimum absolute atomic E-state index is 0.0699. The molecule has 5 rings (SSSR count). The lowest BCUT2D eigenvalue weighted by atomic mass is 9.97. The fourth-order valence-electron chi connectivity index (χ4n) is 4.45. The summed E-state index contributed by atoms with van der Waals surface area (Å²) in [5.41, 5.74) is 3.89. The number of nitrogens with zero attached hydrogens (tertiary/aromatic N) is 4. The molecular formula is C27H26ClN5O2. The summed E-state index contributed by atoms with van der Waals surface area (Å²) in [7, 11) is 0. The Labute approximate surface area is 208 Å². The van der Waals surface area contributed by atoms with Gasteiger partial charge >= 0.3 is 0 Å². The Bertz CT molecular complexity index is 1420. The third-order valence-corrected chi connectivity index (χ3v) is 6.60. The second-order valence-electron chi connectivity index (χ2n) is 8.94. The normalized spacial score (nSPS) is 15.8. The van der Waals surface area contributed by atoms with Crippen LogP contribution in [-0.4, -0.2) is 33.5 Å². The van der Waals surface area contributed by atoms with Crippen LogP contribution in [0.4, 0.5) is 11.5 Å². The van der Waals surface area contributed by atoms with Gasteiger partial charge in [-0.15, -0.1) is 0 Å². The summed E-state index contributed by atoms with van der Waals surface area (Å²) in [6.07, 6.45) is 3.22. The summed E-state index contributed by atoms with van der Waals surface area (Å²) in [4.78, 5) is 37.7. The number of halogens is 1. The van der Waals surface area contributed by atoms with Crippen LogP contribution in [0.3, 0.4) is 0 Å². The smallest absolute Gasteiger partial charge is 0.295 e. The third-order valence-electron chi connectivity index (χ3n) is 6.35. The van der Waals surface area contributed by atoms with E-state index < -0.39 is 0 Å². The Balaban J connectivity index is 1.44. The molecule has 1 fully saturated rings. The van der Waals surface area contributed by atoms with Crippen molar-refractivity contribution in [2.75, 3.05) is 23.3 Å². The monoisotopic (exact) mass is 487 g/mol. The lowest BCUT2D eigenvalue weighted by Crippen LogP contribution is -2.44. The minimum Gasteiger partial charge on any atom is -0.351 e. The van der Waals surface area contributed by atoms with Crippen LogP contribution >= 0.6 is 11.6 Å². The number of carbonyl (C=O) groups is 1. The van der Waals surface area contributed by atoms with Gasteiger partial charge in [0.2, 0.25) is 5.91 Å². The van der Waals surface area contributed by atoms with Crippen molar-refractivity contribution in [2.45, 2.75) is 26.3 Å². The average molecular weight is 488 g/mol. The summed E-state index contributed by atoms with van der Waals surface area (Å²) in [6, 6.07) is 18.8. The molecule has 0 bridgehead atoms. The second-order valence-corrected chi connectivity index (χ2v) is 9.38. The number of fused-ring (bicyclic) bond motifs is 1. The molecular weight excluding hydrogens is 462 g/mol. The number of amides is 1. The molecule has 1 aliphatic rings. The van der Waals surface area contributed by atoms with Crippen molar-refractivity contribution in [3.05, 3.63) is 93.4 Å². The molecule has 1 atom stereocenters. The first-order chi connectivity index (χ1) is 17.0. The molecule has 1 N–H and O–H groups in total. The van der Waals surface area contributed by atoms with Crippen molar-refractivity contribution in [1.29, 1.82) is 0 Å². The Hall–Kier alpha value is -3.71. The Morgan fingerprint density at radius 2 is 1.89 bits per heavy atom. The first-order valence-corrected chi connectivity index (χ1v) is 12.1. The van der Waals surface area contributed by atoms with Crippen molar-refractivity contribution in [2.24, 2.45) is 5.92 Å². The van der Waals surface area contributed by atoms with Gasteiger partial charge in [0, 0.05) is 30.0 Å². The number of carbonyl (C=O) groups excluding carboxylic acids is 1. The van der Waals surface area contributed by atoms with Gasteiger partial charge in [-0.1, -0.05) is 41.4 Å². The molecule has 0 saturated carbocycles. The van der Waals surface area contributed by atoms with E-state index in [1.54, 1.807) is 35.0 Å². The summed E-state index contributed by atoms with van der Waals surface area (Å²) in [5, 5.41) is 3.58. The average Bonchev–Trinajstić information content (AvgIpc) is 2.88. The standard InChI is InChI=1S/C27H26ClN5O2/c1-18-6-8-19(9-7-18)16-33-24-23(5-2-14-29-24)31-25(27(33)35)32-15-3-4-20(17-32)26(34)30-22-12-10-21(28)11-13-22/h2,5-14,20H,3-4,15-17H2,1H3,(H,30,34)/t20-/m1/s1. The fraction of sp³-hybridized carbons (Fsp3) is 0.259. The number of hydrogen-bond acceptors (Lipinski definition) is 5. The fourth-order valence-corrected chi connectivity index (χ4v) is 4.58. The molecule has 1 amide bonds. The van der Waals surface area contributed by atoms with Crippen LogP contribution in [0, 0.1) is 12.8 Å². The number of anilines is 2. The highest BCUT2D eigenvalue weighted by Gasteiger charge is 2.29. The quantitative estimate of drug-likeness (QED) is 0.443. The van der Waals surface area contributed by atoms with Crippen LogP contribution in [0.15, 0.2) is 71.7 Å². The number of pyridine rings is 1. The van der Waals surface area contributed by atoms with E-state index in [0.29, 0.717) is 47.3 Å². The van der Waals surface area contributed by atoms with E-state index in [1.807, 2.05) is 48.2 Å². The van der Waals surface area contributed by atoms with E-state index in [-0.39, 0.29) is 17.4 Å². The van der Waals surface area contributed by atoms with Gasteiger partial charge in [-0.25, -0.2) is 9.97 Å². The molecule has 1 saturated heterocycles. The predicted molar refractivity (Wildman–Crippen MR) is 139 cm³/mol. The highest BCUT2D eigenvalue weighted by atomic mass is 35.5. The summed E-state index contributed by atoms with van der Waals surface area (Å²) in [6.45, 7) is 3.53. The Morgan fingerprint density at radius 3 is 2.66 bits per heavy atom. The molecule has 0 unspecified atom stereocenters. The highest BCUT2D eigenvalue weighted by molar-refractivity contribution is 6.30. The molecule has 2 aromatic heterocycles. The van der Waals surface area contributed by atoms with Gasteiger partial charge in [0.15, 0.2) is 11.5 Å². The zero-order valence-electron chi connectivity index (χ0n) is 19.4. The van der Waals surface area contributed by atoms with Gasteiger partial charge in [0.25, 0.3) is 5.56 Å². The van der Waals surface area contributed by atoms with Crippen molar-refractivity contribution in [3.63, 3.8) is 0 Å². The van der Waals surface area contributed by atoms with Gasteiger partial charge in [0.05, 0.1) is 12.5 Å². The van der Waals surface area contributed by atoms with E-state index in [9.17, 15) is 9.59 Å². The molecule has 2 aromatic carbocycles. The van der Waals surface area contributed by atoms with Crippen LogP contribution in [0.25, 0.3) is 11.2 Å². The Morgan fingerprint density at radius 1 is 1.11 bits per heavy atom. The number of hydrogen-bond donors (Lipinski definition) is 1. The van der Waals surface area contributed by atoms with Crippen molar-refractivity contribution < 1.29 is 4.79 Å². The summed E-state index contributed by atoms with van der Waals surface area (Å²) in [5.74, 6) is 0.0387. The Kier molecular flexibility index (Phi) is 6.51. The number of benzene rings is 2. The van der Waals surface area contributed by atoms with Crippen molar-refractivity contribution >= 4 is 40.2 Å². The van der Waals surface area contributed by atoms with Crippen molar-refractivity contribution in [1.82, 2.24) is 14.5 Å². The van der Waals surface area contributed by atoms with Crippen LogP contribution in [0.5, 0.6) is 0 Å².